The summed E-state index contributed by atoms with van der Waals surface area (Å²) in [4.78, 5) is 0. The SMILES string of the molecule is CSCC(C)NCc1coc2ccccc12. The van der Waals surface area contributed by atoms with Gasteiger partial charge in [0.1, 0.15) is 5.58 Å². The van der Waals surface area contributed by atoms with E-state index in [0.717, 1.165) is 17.9 Å². The number of para-hydroxylation sites is 1. The molecule has 2 aromatic rings. The summed E-state index contributed by atoms with van der Waals surface area (Å²) in [6.07, 6.45) is 3.98. The smallest absolute Gasteiger partial charge is 0.134 e. The lowest BCUT2D eigenvalue weighted by Crippen LogP contribution is -2.27. The Hall–Kier alpha value is -0.930. The zero-order chi connectivity index (χ0) is 11.4. The molecule has 1 atom stereocenters. The molecule has 0 aliphatic rings. The van der Waals surface area contributed by atoms with Crippen molar-refractivity contribution in [2.75, 3.05) is 12.0 Å². The first-order valence-corrected chi connectivity index (χ1v) is 6.88. The van der Waals surface area contributed by atoms with Crippen LogP contribution in [0.5, 0.6) is 0 Å². The Morgan fingerprint density at radius 2 is 2.19 bits per heavy atom. The number of nitrogens with one attached hydrogen (secondary N) is 1. The zero-order valence-corrected chi connectivity index (χ0v) is 10.5. The Kier molecular flexibility index (Phi) is 3.91. The zero-order valence-electron chi connectivity index (χ0n) is 9.69. The van der Waals surface area contributed by atoms with Gasteiger partial charge in [-0.15, -0.1) is 0 Å². The molecule has 0 saturated carbocycles. The van der Waals surface area contributed by atoms with Crippen LogP contribution in [-0.4, -0.2) is 18.1 Å². The predicted molar refractivity (Wildman–Crippen MR) is 70.9 cm³/mol. The van der Waals surface area contributed by atoms with Gasteiger partial charge in [0.25, 0.3) is 0 Å². The molecule has 2 rings (SSSR count). The average Bonchev–Trinajstić information content (AvgIpc) is 2.70. The fourth-order valence-electron chi connectivity index (χ4n) is 1.76. The number of rotatable bonds is 5. The quantitative estimate of drug-likeness (QED) is 0.861. The normalized spacial score (nSPS) is 13.1. The summed E-state index contributed by atoms with van der Waals surface area (Å²) < 4.78 is 5.50. The van der Waals surface area contributed by atoms with E-state index < -0.39 is 0 Å². The van der Waals surface area contributed by atoms with Crippen LogP contribution in [0.15, 0.2) is 34.9 Å². The minimum absolute atomic E-state index is 0.531. The van der Waals surface area contributed by atoms with E-state index in [0.29, 0.717) is 6.04 Å². The molecule has 1 aromatic heterocycles. The van der Waals surface area contributed by atoms with Gasteiger partial charge in [0.2, 0.25) is 0 Å². The fraction of sp³-hybridized carbons (Fsp3) is 0.385. The average molecular weight is 235 g/mol. The van der Waals surface area contributed by atoms with Crippen molar-refractivity contribution in [1.82, 2.24) is 5.32 Å². The third-order valence-corrected chi connectivity index (χ3v) is 3.45. The number of benzene rings is 1. The lowest BCUT2D eigenvalue weighted by atomic mass is 10.2. The maximum atomic E-state index is 5.50. The van der Waals surface area contributed by atoms with E-state index in [4.69, 9.17) is 4.42 Å². The molecule has 1 N–H and O–H groups in total. The van der Waals surface area contributed by atoms with Crippen LogP contribution >= 0.6 is 11.8 Å². The second kappa shape index (κ2) is 5.41. The van der Waals surface area contributed by atoms with Gasteiger partial charge in [0, 0.05) is 29.3 Å². The van der Waals surface area contributed by atoms with Gasteiger partial charge in [-0.3, -0.25) is 0 Å². The first-order valence-electron chi connectivity index (χ1n) is 5.48. The Balaban J connectivity index is 2.04. The highest BCUT2D eigenvalue weighted by Crippen LogP contribution is 2.20. The van der Waals surface area contributed by atoms with Crippen LogP contribution in [0.3, 0.4) is 0 Å². The molecule has 0 amide bonds. The van der Waals surface area contributed by atoms with Crippen molar-refractivity contribution in [3.05, 3.63) is 36.1 Å². The third-order valence-electron chi connectivity index (χ3n) is 2.62. The highest BCUT2D eigenvalue weighted by atomic mass is 32.2. The topological polar surface area (TPSA) is 25.2 Å². The Labute approximate surface area is 100 Å². The molecule has 0 saturated heterocycles. The minimum Gasteiger partial charge on any atom is -0.464 e. The fourth-order valence-corrected chi connectivity index (χ4v) is 2.38. The van der Waals surface area contributed by atoms with Crippen LogP contribution in [-0.2, 0) is 6.54 Å². The van der Waals surface area contributed by atoms with Crippen molar-refractivity contribution in [3.63, 3.8) is 0 Å². The van der Waals surface area contributed by atoms with Crippen LogP contribution < -0.4 is 5.32 Å². The van der Waals surface area contributed by atoms with Crippen LogP contribution in [0.2, 0.25) is 0 Å². The number of furan rings is 1. The van der Waals surface area contributed by atoms with Crippen LogP contribution in [0.4, 0.5) is 0 Å². The molecule has 0 fully saturated rings. The van der Waals surface area contributed by atoms with E-state index in [1.807, 2.05) is 36.2 Å². The number of fused-ring (bicyclic) bond motifs is 1. The van der Waals surface area contributed by atoms with Gasteiger partial charge in [-0.05, 0) is 19.2 Å². The monoisotopic (exact) mass is 235 g/mol. The van der Waals surface area contributed by atoms with Gasteiger partial charge in [0.05, 0.1) is 6.26 Å². The molecule has 16 heavy (non-hydrogen) atoms. The second-order valence-corrected chi connectivity index (χ2v) is 4.91. The molecular formula is C13H17NOS. The Morgan fingerprint density at radius 3 is 3.00 bits per heavy atom. The predicted octanol–water partition coefficient (Wildman–Crippen LogP) is 3.27. The summed E-state index contributed by atoms with van der Waals surface area (Å²) in [6, 6.07) is 8.69. The highest BCUT2D eigenvalue weighted by Gasteiger charge is 2.06. The molecular weight excluding hydrogens is 218 g/mol. The van der Waals surface area contributed by atoms with Crippen molar-refractivity contribution in [2.45, 2.75) is 19.5 Å². The van der Waals surface area contributed by atoms with E-state index >= 15 is 0 Å². The van der Waals surface area contributed by atoms with E-state index in [-0.39, 0.29) is 0 Å². The summed E-state index contributed by atoms with van der Waals surface area (Å²) in [5, 5.41) is 4.71. The van der Waals surface area contributed by atoms with Gasteiger partial charge >= 0.3 is 0 Å². The first kappa shape index (κ1) is 11.6. The molecule has 86 valence electrons. The van der Waals surface area contributed by atoms with Crippen molar-refractivity contribution < 1.29 is 4.42 Å². The number of hydrogen-bond acceptors (Lipinski definition) is 3. The second-order valence-electron chi connectivity index (χ2n) is 3.99. The summed E-state index contributed by atoms with van der Waals surface area (Å²) >= 11 is 1.86. The van der Waals surface area contributed by atoms with Gasteiger partial charge in [-0.25, -0.2) is 0 Å². The maximum absolute atomic E-state index is 5.50. The first-order chi connectivity index (χ1) is 7.81. The molecule has 0 bridgehead atoms. The molecule has 1 heterocycles. The van der Waals surface area contributed by atoms with Crippen molar-refractivity contribution in [1.29, 1.82) is 0 Å². The van der Waals surface area contributed by atoms with Crippen molar-refractivity contribution in [2.24, 2.45) is 0 Å². The summed E-state index contributed by atoms with van der Waals surface area (Å²) in [5.41, 5.74) is 2.21. The molecule has 0 radical (unpaired) electrons. The molecule has 0 aliphatic heterocycles. The molecule has 1 unspecified atom stereocenters. The van der Waals surface area contributed by atoms with Crippen LogP contribution in [0.1, 0.15) is 12.5 Å². The lowest BCUT2D eigenvalue weighted by Gasteiger charge is -2.11. The molecule has 2 nitrogen and oxygen atoms in total. The van der Waals surface area contributed by atoms with E-state index in [9.17, 15) is 0 Å². The summed E-state index contributed by atoms with van der Waals surface area (Å²) in [5.74, 6) is 1.13. The Morgan fingerprint density at radius 1 is 1.38 bits per heavy atom. The Bertz CT molecular complexity index is 452. The van der Waals surface area contributed by atoms with Gasteiger partial charge in [0.15, 0.2) is 0 Å². The highest BCUT2D eigenvalue weighted by molar-refractivity contribution is 7.98. The van der Waals surface area contributed by atoms with E-state index in [1.165, 1.54) is 10.9 Å². The molecule has 0 spiro atoms. The molecule has 3 heteroatoms. The number of hydrogen-bond donors (Lipinski definition) is 1. The van der Waals surface area contributed by atoms with Crippen molar-refractivity contribution >= 4 is 22.7 Å². The molecule has 1 aromatic carbocycles. The van der Waals surface area contributed by atoms with Gasteiger partial charge in [-0.2, -0.15) is 11.8 Å². The lowest BCUT2D eigenvalue weighted by molar-refractivity contribution is 0.577. The largest absolute Gasteiger partial charge is 0.464 e. The van der Waals surface area contributed by atoms with Crippen LogP contribution in [0, 0.1) is 0 Å². The standard InChI is InChI=1S/C13H17NOS/c1-10(9-16-2)14-7-11-8-15-13-6-4-3-5-12(11)13/h3-6,8,10,14H,7,9H2,1-2H3. The van der Waals surface area contributed by atoms with E-state index in [2.05, 4.69) is 24.6 Å². The summed E-state index contributed by atoms with van der Waals surface area (Å²) in [6.45, 7) is 3.08. The van der Waals surface area contributed by atoms with E-state index in [1.54, 1.807) is 0 Å². The maximum Gasteiger partial charge on any atom is 0.134 e. The number of thioether (sulfide) groups is 1. The van der Waals surface area contributed by atoms with Crippen LogP contribution in [0.25, 0.3) is 11.0 Å². The molecule has 0 aliphatic carbocycles. The van der Waals surface area contributed by atoms with Gasteiger partial charge < -0.3 is 9.73 Å². The van der Waals surface area contributed by atoms with Gasteiger partial charge in [-0.1, -0.05) is 18.2 Å². The summed E-state index contributed by atoms with van der Waals surface area (Å²) in [7, 11) is 0. The third kappa shape index (κ3) is 2.60. The minimum atomic E-state index is 0.531. The van der Waals surface area contributed by atoms with Crippen molar-refractivity contribution in [3.8, 4) is 0 Å².